The molecule has 0 spiro atoms. The maximum atomic E-state index is 13.9. The summed E-state index contributed by atoms with van der Waals surface area (Å²) in [5.41, 5.74) is -3.34. The molecular weight excluding hydrogens is 468 g/mol. The third kappa shape index (κ3) is 3.56. The molecule has 2 aromatic carbocycles. The van der Waals surface area contributed by atoms with Gasteiger partial charge in [0.05, 0.1) is 26.3 Å². The summed E-state index contributed by atoms with van der Waals surface area (Å²) >= 11 is 22.6. The van der Waals surface area contributed by atoms with Crippen LogP contribution in [0.3, 0.4) is 0 Å². The molecule has 0 saturated heterocycles. The minimum atomic E-state index is -4.93. The highest BCUT2D eigenvalue weighted by atomic mass is 35.5. The standard InChI is InChI=1S/C17H7Cl4F4NO2/c18-10-3-7(1-2-9(10)15(21)27)13-6-16(28-26-13,17(23,24)25)8-4-11(19)14(22)12(20)5-8/h1-5H,6H2. The number of hydrogen-bond acceptors (Lipinski definition) is 3. The molecule has 3 nitrogen and oxygen atoms in total. The fraction of sp³-hybridized carbons (Fsp3) is 0.176. The molecule has 0 radical (unpaired) electrons. The lowest BCUT2D eigenvalue weighted by atomic mass is 9.86. The zero-order valence-corrected chi connectivity index (χ0v) is 16.4. The molecule has 0 saturated carbocycles. The normalized spacial score (nSPS) is 19.4. The molecule has 0 fully saturated rings. The van der Waals surface area contributed by atoms with E-state index in [0.717, 1.165) is 12.1 Å². The van der Waals surface area contributed by atoms with E-state index in [4.69, 9.17) is 51.2 Å². The third-order valence-corrected chi connectivity index (χ3v) is 5.22. The van der Waals surface area contributed by atoms with Crippen molar-refractivity contribution in [2.75, 3.05) is 0 Å². The molecule has 1 aliphatic rings. The molecule has 28 heavy (non-hydrogen) atoms. The van der Waals surface area contributed by atoms with Crippen LogP contribution in [0.5, 0.6) is 0 Å². The maximum absolute atomic E-state index is 13.9. The van der Waals surface area contributed by atoms with E-state index in [2.05, 4.69) is 5.16 Å². The van der Waals surface area contributed by atoms with Gasteiger partial charge >= 0.3 is 6.18 Å². The number of carbonyl (C=O) groups is 1. The minimum Gasteiger partial charge on any atom is -0.374 e. The first-order valence-corrected chi connectivity index (χ1v) is 8.94. The average molecular weight is 475 g/mol. The summed E-state index contributed by atoms with van der Waals surface area (Å²) in [5.74, 6) is -1.04. The van der Waals surface area contributed by atoms with E-state index in [1.54, 1.807) is 0 Å². The summed E-state index contributed by atoms with van der Waals surface area (Å²) < 4.78 is 55.5. The molecule has 1 unspecified atom stereocenters. The maximum Gasteiger partial charge on any atom is 0.435 e. The van der Waals surface area contributed by atoms with Gasteiger partial charge in [0.15, 0.2) is 5.82 Å². The summed E-state index contributed by atoms with van der Waals surface area (Å²) in [4.78, 5) is 16.0. The van der Waals surface area contributed by atoms with Crippen molar-refractivity contribution in [2.45, 2.75) is 18.2 Å². The number of nitrogens with zero attached hydrogens (tertiary/aromatic N) is 1. The number of halogens is 8. The number of rotatable bonds is 3. The van der Waals surface area contributed by atoms with Gasteiger partial charge in [-0.25, -0.2) is 4.39 Å². The second-order valence-electron chi connectivity index (χ2n) is 5.85. The summed E-state index contributed by atoms with van der Waals surface area (Å²) in [5, 5.41) is 1.49. The Bertz CT molecular complexity index is 986. The Morgan fingerprint density at radius 1 is 1.07 bits per heavy atom. The van der Waals surface area contributed by atoms with Gasteiger partial charge in [0.25, 0.3) is 10.8 Å². The van der Waals surface area contributed by atoms with Gasteiger partial charge in [-0.05, 0) is 35.9 Å². The van der Waals surface area contributed by atoms with Gasteiger partial charge in [-0.3, -0.25) is 4.79 Å². The lowest BCUT2D eigenvalue weighted by molar-refractivity contribution is -0.275. The van der Waals surface area contributed by atoms with E-state index >= 15 is 0 Å². The van der Waals surface area contributed by atoms with Gasteiger partial charge in [-0.1, -0.05) is 46.0 Å². The molecule has 0 amide bonds. The lowest BCUT2D eigenvalue weighted by Crippen LogP contribution is -2.42. The number of oxime groups is 1. The highest BCUT2D eigenvalue weighted by Crippen LogP contribution is 2.50. The molecule has 1 atom stereocenters. The Morgan fingerprint density at radius 2 is 1.68 bits per heavy atom. The quantitative estimate of drug-likeness (QED) is 0.280. The van der Waals surface area contributed by atoms with Crippen LogP contribution >= 0.6 is 46.4 Å². The second-order valence-corrected chi connectivity index (χ2v) is 7.42. The Kier molecular flexibility index (Phi) is 5.57. The number of hydrogen-bond donors (Lipinski definition) is 0. The number of benzene rings is 2. The summed E-state index contributed by atoms with van der Waals surface area (Å²) in [7, 11) is 0. The van der Waals surface area contributed by atoms with E-state index in [0.29, 0.717) is 0 Å². The Balaban J connectivity index is 2.04. The molecule has 0 N–H and O–H groups in total. The van der Waals surface area contributed by atoms with Crippen LogP contribution in [0, 0.1) is 5.82 Å². The van der Waals surface area contributed by atoms with Crippen molar-refractivity contribution in [3.05, 3.63) is 67.9 Å². The first-order chi connectivity index (χ1) is 13.0. The molecule has 0 aromatic heterocycles. The zero-order chi connectivity index (χ0) is 20.9. The highest BCUT2D eigenvalue weighted by Gasteiger charge is 2.62. The monoisotopic (exact) mass is 473 g/mol. The van der Waals surface area contributed by atoms with E-state index in [1.165, 1.54) is 18.2 Å². The average Bonchev–Trinajstić information content (AvgIpc) is 3.05. The molecular formula is C17H7Cl4F4NO2. The SMILES string of the molecule is O=C(Cl)c1ccc(C2=NOC(c3cc(Cl)c(F)c(Cl)c3)(C(F)(F)F)C2)cc1Cl. The Labute approximate surface area is 175 Å². The predicted octanol–water partition coefficient (Wildman–Crippen LogP) is 6.75. The number of alkyl halides is 3. The topological polar surface area (TPSA) is 38.7 Å². The van der Waals surface area contributed by atoms with Crippen molar-refractivity contribution in [3.8, 4) is 0 Å². The van der Waals surface area contributed by atoms with Crippen LogP contribution in [0.15, 0.2) is 35.5 Å². The molecule has 0 aliphatic carbocycles. The van der Waals surface area contributed by atoms with Crippen molar-refractivity contribution < 1.29 is 27.2 Å². The van der Waals surface area contributed by atoms with Gasteiger partial charge < -0.3 is 4.84 Å². The smallest absolute Gasteiger partial charge is 0.374 e. The first-order valence-electron chi connectivity index (χ1n) is 7.43. The Hall–Kier alpha value is -1.54. The van der Waals surface area contributed by atoms with Crippen LogP contribution in [0.4, 0.5) is 17.6 Å². The molecule has 1 heterocycles. The summed E-state index contributed by atoms with van der Waals surface area (Å²) in [6.45, 7) is 0. The van der Waals surface area contributed by atoms with Crippen LogP contribution in [-0.4, -0.2) is 17.1 Å². The van der Waals surface area contributed by atoms with Crippen molar-refractivity contribution in [2.24, 2.45) is 5.16 Å². The zero-order valence-electron chi connectivity index (χ0n) is 13.4. The van der Waals surface area contributed by atoms with Crippen molar-refractivity contribution in [1.29, 1.82) is 0 Å². The molecule has 3 rings (SSSR count). The predicted molar refractivity (Wildman–Crippen MR) is 98.0 cm³/mol. The fourth-order valence-electron chi connectivity index (χ4n) is 2.70. The number of carbonyl (C=O) groups excluding carboxylic acids is 1. The summed E-state index contributed by atoms with van der Waals surface area (Å²) in [6, 6.07) is 5.42. The van der Waals surface area contributed by atoms with Gasteiger partial charge in [0.1, 0.15) is 0 Å². The van der Waals surface area contributed by atoms with Crippen LogP contribution in [0.2, 0.25) is 15.1 Å². The molecule has 148 valence electrons. The van der Waals surface area contributed by atoms with Crippen LogP contribution in [-0.2, 0) is 10.4 Å². The Morgan fingerprint density at radius 3 is 2.18 bits per heavy atom. The summed E-state index contributed by atoms with van der Waals surface area (Å²) in [6.07, 6.45) is -5.68. The second kappa shape index (κ2) is 7.37. The van der Waals surface area contributed by atoms with E-state index in [9.17, 15) is 22.4 Å². The van der Waals surface area contributed by atoms with E-state index < -0.39 is 44.9 Å². The molecule has 2 aromatic rings. The van der Waals surface area contributed by atoms with Crippen molar-refractivity contribution in [3.63, 3.8) is 0 Å². The van der Waals surface area contributed by atoms with Crippen molar-refractivity contribution in [1.82, 2.24) is 0 Å². The van der Waals surface area contributed by atoms with Crippen molar-refractivity contribution >= 4 is 57.4 Å². The first kappa shape index (κ1) is 21.2. The lowest BCUT2D eigenvalue weighted by Gasteiger charge is -2.29. The van der Waals surface area contributed by atoms with Gasteiger partial charge in [0.2, 0.25) is 0 Å². The minimum absolute atomic E-state index is 0.00854. The molecule has 11 heteroatoms. The fourth-order valence-corrected chi connectivity index (χ4v) is 3.67. The van der Waals surface area contributed by atoms with Crippen LogP contribution < -0.4 is 0 Å². The van der Waals surface area contributed by atoms with E-state index in [-0.39, 0.29) is 21.9 Å². The van der Waals surface area contributed by atoms with Gasteiger partial charge in [0, 0.05) is 17.5 Å². The highest BCUT2D eigenvalue weighted by molar-refractivity contribution is 6.68. The third-order valence-electron chi connectivity index (χ3n) is 4.15. The van der Waals surface area contributed by atoms with Gasteiger partial charge in [-0.15, -0.1) is 0 Å². The molecule has 1 aliphatic heterocycles. The molecule has 0 bridgehead atoms. The van der Waals surface area contributed by atoms with E-state index in [1.807, 2.05) is 0 Å². The van der Waals surface area contributed by atoms with Crippen LogP contribution in [0.25, 0.3) is 0 Å². The van der Waals surface area contributed by atoms with Gasteiger partial charge in [-0.2, -0.15) is 13.2 Å². The van der Waals surface area contributed by atoms with Crippen LogP contribution in [0.1, 0.15) is 27.9 Å². The largest absolute Gasteiger partial charge is 0.435 e.